The van der Waals surface area contributed by atoms with Crippen LogP contribution in [0.25, 0.3) is 0 Å². The highest BCUT2D eigenvalue weighted by Crippen LogP contribution is 2.25. The van der Waals surface area contributed by atoms with Crippen LogP contribution in [0.15, 0.2) is 12.1 Å². The molecule has 1 aromatic heterocycles. The van der Waals surface area contributed by atoms with E-state index >= 15 is 0 Å². The highest BCUT2D eigenvalue weighted by Gasteiger charge is 2.08. The van der Waals surface area contributed by atoms with Gasteiger partial charge in [-0.1, -0.05) is 6.92 Å². The molecule has 3 heteroatoms. The summed E-state index contributed by atoms with van der Waals surface area (Å²) in [5.41, 5.74) is 0. The summed E-state index contributed by atoms with van der Waals surface area (Å²) in [7, 11) is 3.97. The predicted octanol–water partition coefficient (Wildman–Crippen LogP) is 2.80. The molecule has 0 aromatic carbocycles. The van der Waals surface area contributed by atoms with E-state index in [-0.39, 0.29) is 5.78 Å². The molecule has 0 amide bonds. The number of ketones is 1. The van der Waals surface area contributed by atoms with Crippen LogP contribution < -0.4 is 4.90 Å². The number of carbonyl (C=O) groups is 1. The first-order valence-corrected chi connectivity index (χ1v) is 5.27. The first-order valence-electron chi connectivity index (χ1n) is 4.45. The average molecular weight is 197 g/mol. The van der Waals surface area contributed by atoms with Gasteiger partial charge in [-0.05, 0) is 18.6 Å². The molecule has 0 saturated carbocycles. The fourth-order valence-electron chi connectivity index (χ4n) is 1.07. The van der Waals surface area contributed by atoms with E-state index in [4.69, 9.17) is 0 Å². The van der Waals surface area contributed by atoms with Crippen molar-refractivity contribution in [3.63, 3.8) is 0 Å². The Bertz CT molecular complexity index is 291. The van der Waals surface area contributed by atoms with E-state index < -0.39 is 0 Å². The fourth-order valence-corrected chi connectivity index (χ4v) is 1.96. The van der Waals surface area contributed by atoms with Crippen molar-refractivity contribution in [1.82, 2.24) is 0 Å². The number of carbonyl (C=O) groups excluding carboxylic acids is 1. The molecule has 2 nitrogen and oxygen atoms in total. The van der Waals surface area contributed by atoms with Crippen molar-refractivity contribution in [2.75, 3.05) is 19.0 Å². The first kappa shape index (κ1) is 10.3. The third kappa shape index (κ3) is 2.56. The second-order valence-corrected chi connectivity index (χ2v) is 4.27. The summed E-state index contributed by atoms with van der Waals surface area (Å²) >= 11 is 1.57. The molecule has 0 unspecified atom stereocenters. The Morgan fingerprint density at radius 2 is 2.15 bits per heavy atom. The Labute approximate surface area is 83.2 Å². The molecule has 0 fully saturated rings. The monoisotopic (exact) mass is 197 g/mol. The van der Waals surface area contributed by atoms with E-state index in [9.17, 15) is 4.79 Å². The Hall–Kier alpha value is -0.830. The highest BCUT2D eigenvalue weighted by molar-refractivity contribution is 7.18. The minimum atomic E-state index is 0.264. The smallest absolute Gasteiger partial charge is 0.172 e. The van der Waals surface area contributed by atoms with Crippen molar-refractivity contribution in [3.05, 3.63) is 17.0 Å². The number of thiophene rings is 1. The highest BCUT2D eigenvalue weighted by atomic mass is 32.1. The lowest BCUT2D eigenvalue weighted by Gasteiger charge is -2.06. The zero-order valence-corrected chi connectivity index (χ0v) is 9.15. The van der Waals surface area contributed by atoms with Crippen LogP contribution in [0.5, 0.6) is 0 Å². The van der Waals surface area contributed by atoms with Crippen LogP contribution >= 0.6 is 11.3 Å². The van der Waals surface area contributed by atoms with Gasteiger partial charge in [0.25, 0.3) is 0 Å². The molecule has 0 aliphatic carbocycles. The maximum atomic E-state index is 11.5. The lowest BCUT2D eigenvalue weighted by molar-refractivity contribution is 0.0985. The molecule has 0 saturated heterocycles. The molecule has 1 heterocycles. The topological polar surface area (TPSA) is 20.3 Å². The van der Waals surface area contributed by atoms with Crippen molar-refractivity contribution in [2.24, 2.45) is 0 Å². The van der Waals surface area contributed by atoms with Gasteiger partial charge in [-0.15, -0.1) is 11.3 Å². The summed E-state index contributed by atoms with van der Waals surface area (Å²) in [6.45, 7) is 2.03. The van der Waals surface area contributed by atoms with Crippen LogP contribution in [0.3, 0.4) is 0 Å². The number of hydrogen-bond acceptors (Lipinski definition) is 3. The molecule has 0 bridgehead atoms. The molecular weight excluding hydrogens is 182 g/mol. The molecule has 0 aliphatic rings. The second kappa shape index (κ2) is 4.42. The van der Waals surface area contributed by atoms with Gasteiger partial charge in [0, 0.05) is 20.5 Å². The minimum Gasteiger partial charge on any atom is -0.370 e. The average Bonchev–Trinajstić information content (AvgIpc) is 2.52. The fraction of sp³-hybridized carbons (Fsp3) is 0.500. The zero-order chi connectivity index (χ0) is 9.84. The van der Waals surface area contributed by atoms with Crippen molar-refractivity contribution in [3.8, 4) is 0 Å². The summed E-state index contributed by atoms with van der Waals surface area (Å²) < 4.78 is 0. The standard InChI is InChI=1S/C10H15NOS/c1-4-5-8(12)9-6-7-10(13-9)11(2)3/h6-7H,4-5H2,1-3H3. The van der Waals surface area contributed by atoms with E-state index in [0.29, 0.717) is 6.42 Å². The van der Waals surface area contributed by atoms with E-state index in [1.54, 1.807) is 11.3 Å². The van der Waals surface area contributed by atoms with Gasteiger partial charge < -0.3 is 4.90 Å². The molecule has 0 N–H and O–H groups in total. The van der Waals surface area contributed by atoms with Gasteiger partial charge in [0.15, 0.2) is 5.78 Å². The molecular formula is C10H15NOS. The van der Waals surface area contributed by atoms with Crippen molar-refractivity contribution in [2.45, 2.75) is 19.8 Å². The maximum Gasteiger partial charge on any atom is 0.172 e. The van der Waals surface area contributed by atoms with E-state index in [2.05, 4.69) is 0 Å². The molecule has 13 heavy (non-hydrogen) atoms. The third-order valence-electron chi connectivity index (χ3n) is 1.78. The van der Waals surface area contributed by atoms with Gasteiger partial charge in [0.1, 0.15) is 0 Å². The van der Waals surface area contributed by atoms with E-state index in [1.807, 2.05) is 38.1 Å². The number of nitrogens with zero attached hydrogens (tertiary/aromatic N) is 1. The van der Waals surface area contributed by atoms with E-state index in [1.165, 1.54) is 0 Å². The molecule has 72 valence electrons. The summed E-state index contributed by atoms with van der Waals surface area (Å²) in [5.74, 6) is 0.264. The maximum absolute atomic E-state index is 11.5. The van der Waals surface area contributed by atoms with Crippen LogP contribution in [-0.2, 0) is 0 Å². The Morgan fingerprint density at radius 1 is 1.46 bits per heavy atom. The summed E-state index contributed by atoms with van der Waals surface area (Å²) in [6, 6.07) is 3.91. The first-order chi connectivity index (χ1) is 6.15. The Balaban J connectivity index is 2.73. The summed E-state index contributed by atoms with van der Waals surface area (Å²) in [4.78, 5) is 14.4. The van der Waals surface area contributed by atoms with Gasteiger partial charge in [-0.25, -0.2) is 0 Å². The molecule has 0 atom stereocenters. The van der Waals surface area contributed by atoms with Crippen LogP contribution in [0.4, 0.5) is 5.00 Å². The van der Waals surface area contributed by atoms with Crippen LogP contribution in [0.2, 0.25) is 0 Å². The molecule has 1 rings (SSSR count). The zero-order valence-electron chi connectivity index (χ0n) is 8.33. The number of Topliss-reactive ketones (excluding diaryl/α,β-unsaturated/α-hetero) is 1. The van der Waals surface area contributed by atoms with Gasteiger partial charge in [-0.2, -0.15) is 0 Å². The summed E-state index contributed by atoms with van der Waals surface area (Å²) in [5, 5.41) is 1.14. The molecule has 0 spiro atoms. The van der Waals surface area contributed by atoms with Crippen LogP contribution in [0, 0.1) is 0 Å². The molecule has 0 aliphatic heterocycles. The predicted molar refractivity (Wildman–Crippen MR) is 57.9 cm³/mol. The van der Waals surface area contributed by atoms with Crippen molar-refractivity contribution in [1.29, 1.82) is 0 Å². The normalized spacial score (nSPS) is 10.1. The minimum absolute atomic E-state index is 0.264. The van der Waals surface area contributed by atoms with Gasteiger partial charge in [0.2, 0.25) is 0 Å². The molecule has 0 radical (unpaired) electrons. The summed E-state index contributed by atoms with van der Waals surface area (Å²) in [6.07, 6.45) is 1.58. The largest absolute Gasteiger partial charge is 0.370 e. The number of anilines is 1. The van der Waals surface area contributed by atoms with Crippen LogP contribution in [-0.4, -0.2) is 19.9 Å². The second-order valence-electron chi connectivity index (χ2n) is 3.21. The Kier molecular flexibility index (Phi) is 3.48. The third-order valence-corrected chi connectivity index (χ3v) is 3.08. The lowest BCUT2D eigenvalue weighted by atomic mass is 10.2. The van der Waals surface area contributed by atoms with Gasteiger partial charge in [-0.3, -0.25) is 4.79 Å². The van der Waals surface area contributed by atoms with Crippen molar-refractivity contribution >= 4 is 22.1 Å². The number of hydrogen-bond donors (Lipinski definition) is 0. The SMILES string of the molecule is CCCC(=O)c1ccc(N(C)C)s1. The Morgan fingerprint density at radius 3 is 2.62 bits per heavy atom. The number of rotatable bonds is 4. The van der Waals surface area contributed by atoms with Crippen molar-refractivity contribution < 1.29 is 4.79 Å². The van der Waals surface area contributed by atoms with Gasteiger partial charge in [0.05, 0.1) is 9.88 Å². The lowest BCUT2D eigenvalue weighted by Crippen LogP contribution is -2.05. The van der Waals surface area contributed by atoms with Crippen LogP contribution in [0.1, 0.15) is 29.4 Å². The van der Waals surface area contributed by atoms with Gasteiger partial charge >= 0.3 is 0 Å². The molecule has 1 aromatic rings. The quantitative estimate of drug-likeness (QED) is 0.692. The van der Waals surface area contributed by atoms with E-state index in [0.717, 1.165) is 16.3 Å².